The minimum absolute atomic E-state index is 0.0177. The van der Waals surface area contributed by atoms with E-state index in [4.69, 9.17) is 27.9 Å². The molecule has 1 amide bonds. The molecule has 0 saturated carbocycles. The molecule has 0 heterocycles. The van der Waals surface area contributed by atoms with E-state index in [9.17, 15) is 18.0 Å². The summed E-state index contributed by atoms with van der Waals surface area (Å²) in [6, 6.07) is 10.9. The molecular formula is C20H22Cl2N2O5S. The van der Waals surface area contributed by atoms with Crippen molar-refractivity contribution in [2.24, 2.45) is 0 Å². The lowest BCUT2D eigenvalue weighted by molar-refractivity contribution is -0.156. The fourth-order valence-corrected chi connectivity index (χ4v) is 4.32. The van der Waals surface area contributed by atoms with Gasteiger partial charge in [-0.05, 0) is 50.6 Å². The number of amides is 1. The third-order valence-electron chi connectivity index (χ3n) is 4.19. The average molecular weight is 473 g/mol. The van der Waals surface area contributed by atoms with Crippen LogP contribution in [0.15, 0.2) is 53.4 Å². The van der Waals surface area contributed by atoms with Gasteiger partial charge in [-0.15, -0.1) is 0 Å². The van der Waals surface area contributed by atoms with E-state index in [1.54, 1.807) is 43.3 Å². The third-order valence-corrected chi connectivity index (χ3v) is 6.31. The second-order valence-electron chi connectivity index (χ2n) is 6.63. The van der Waals surface area contributed by atoms with Crippen molar-refractivity contribution in [1.82, 2.24) is 10.0 Å². The fraction of sp³-hybridized carbons (Fsp3) is 0.300. The van der Waals surface area contributed by atoms with Crippen molar-refractivity contribution in [2.45, 2.75) is 43.9 Å². The number of nitrogens with one attached hydrogen (secondary N) is 2. The molecular weight excluding hydrogens is 451 g/mol. The molecule has 3 unspecified atom stereocenters. The molecule has 7 nitrogen and oxygen atoms in total. The Kier molecular flexibility index (Phi) is 8.25. The minimum atomic E-state index is -3.90. The Morgan fingerprint density at radius 2 is 1.63 bits per heavy atom. The van der Waals surface area contributed by atoms with Gasteiger partial charge in [0.2, 0.25) is 10.0 Å². The molecule has 0 saturated heterocycles. The van der Waals surface area contributed by atoms with Gasteiger partial charge in [0.1, 0.15) is 6.04 Å². The average Bonchev–Trinajstić information content (AvgIpc) is 2.68. The van der Waals surface area contributed by atoms with Crippen molar-refractivity contribution in [1.29, 1.82) is 0 Å². The molecule has 2 N–H and O–H groups in total. The zero-order valence-electron chi connectivity index (χ0n) is 16.6. The summed E-state index contributed by atoms with van der Waals surface area (Å²) in [4.78, 5) is 24.6. The predicted molar refractivity (Wildman–Crippen MR) is 115 cm³/mol. The Labute approximate surface area is 185 Å². The number of ether oxygens (including phenoxy) is 1. The zero-order valence-corrected chi connectivity index (χ0v) is 18.9. The van der Waals surface area contributed by atoms with E-state index >= 15 is 0 Å². The Balaban J connectivity index is 1.94. The first-order valence-electron chi connectivity index (χ1n) is 9.04. The lowest BCUT2D eigenvalue weighted by Gasteiger charge is -2.21. The molecule has 0 spiro atoms. The summed E-state index contributed by atoms with van der Waals surface area (Å²) in [7, 11) is -3.90. The quantitative estimate of drug-likeness (QED) is 0.572. The van der Waals surface area contributed by atoms with Crippen LogP contribution in [-0.2, 0) is 24.3 Å². The lowest BCUT2D eigenvalue weighted by Crippen LogP contribution is -2.43. The minimum Gasteiger partial charge on any atom is -0.451 e. The Bertz CT molecular complexity index is 1020. The Hall–Kier alpha value is -2.13. The second-order valence-corrected chi connectivity index (χ2v) is 9.19. The van der Waals surface area contributed by atoms with E-state index in [0.29, 0.717) is 15.6 Å². The number of sulfonamides is 1. The van der Waals surface area contributed by atoms with E-state index < -0.39 is 40.1 Å². The van der Waals surface area contributed by atoms with Crippen LogP contribution in [0.5, 0.6) is 0 Å². The highest BCUT2D eigenvalue weighted by atomic mass is 35.5. The van der Waals surface area contributed by atoms with Crippen LogP contribution < -0.4 is 10.0 Å². The van der Waals surface area contributed by atoms with Gasteiger partial charge < -0.3 is 10.1 Å². The van der Waals surface area contributed by atoms with E-state index in [2.05, 4.69) is 10.0 Å². The van der Waals surface area contributed by atoms with E-state index in [0.717, 1.165) is 0 Å². The van der Waals surface area contributed by atoms with E-state index in [-0.39, 0.29) is 4.90 Å². The standard InChI is InChI=1S/C20H22Cl2N2O5S/c1-12(17-10-9-15(21)11-18(17)22)23-19(25)14(3)29-20(26)13(2)24-30(27,28)16-7-5-4-6-8-16/h4-14,24H,1-3H3,(H,23,25). The van der Waals surface area contributed by atoms with Crippen molar-refractivity contribution in [3.05, 3.63) is 64.1 Å². The first-order chi connectivity index (χ1) is 14.0. The van der Waals surface area contributed by atoms with Crippen LogP contribution in [0.2, 0.25) is 10.0 Å². The van der Waals surface area contributed by atoms with Gasteiger partial charge in [0, 0.05) is 10.0 Å². The number of esters is 1. The molecule has 30 heavy (non-hydrogen) atoms. The van der Waals surface area contributed by atoms with E-state index in [1.807, 2.05) is 0 Å². The summed E-state index contributed by atoms with van der Waals surface area (Å²) in [5, 5.41) is 3.55. The van der Waals surface area contributed by atoms with Crippen LogP contribution in [-0.4, -0.2) is 32.4 Å². The number of carbonyl (C=O) groups excluding carboxylic acids is 2. The second kappa shape index (κ2) is 10.3. The molecule has 0 aliphatic heterocycles. The van der Waals surface area contributed by atoms with Crippen molar-refractivity contribution in [3.8, 4) is 0 Å². The smallest absolute Gasteiger partial charge is 0.324 e. The summed E-state index contributed by atoms with van der Waals surface area (Å²) >= 11 is 12.0. The van der Waals surface area contributed by atoms with Gasteiger partial charge in [0.05, 0.1) is 10.9 Å². The van der Waals surface area contributed by atoms with Crippen molar-refractivity contribution in [3.63, 3.8) is 0 Å². The summed E-state index contributed by atoms with van der Waals surface area (Å²) in [6.45, 7) is 4.45. The highest BCUT2D eigenvalue weighted by molar-refractivity contribution is 7.89. The molecule has 162 valence electrons. The number of halogens is 2. The molecule has 0 fully saturated rings. The maximum atomic E-state index is 12.4. The predicted octanol–water partition coefficient (Wildman–Crippen LogP) is 3.47. The topological polar surface area (TPSA) is 102 Å². The van der Waals surface area contributed by atoms with E-state index in [1.165, 1.54) is 26.0 Å². The number of benzene rings is 2. The number of hydrogen-bond acceptors (Lipinski definition) is 5. The molecule has 10 heteroatoms. The number of rotatable bonds is 8. The van der Waals surface area contributed by atoms with Crippen LogP contribution in [0.1, 0.15) is 32.4 Å². The molecule has 0 radical (unpaired) electrons. The molecule has 3 atom stereocenters. The zero-order chi connectivity index (χ0) is 22.5. The molecule has 0 aromatic heterocycles. The molecule has 0 aliphatic carbocycles. The van der Waals surface area contributed by atoms with Crippen LogP contribution in [0.4, 0.5) is 0 Å². The van der Waals surface area contributed by atoms with Crippen LogP contribution in [0, 0.1) is 0 Å². The number of hydrogen-bond donors (Lipinski definition) is 2. The van der Waals surface area contributed by atoms with Crippen LogP contribution in [0.3, 0.4) is 0 Å². The van der Waals surface area contributed by atoms with Crippen molar-refractivity contribution < 1.29 is 22.7 Å². The molecule has 0 aliphatic rings. The fourth-order valence-electron chi connectivity index (χ4n) is 2.54. The van der Waals surface area contributed by atoms with Gasteiger partial charge in [0.15, 0.2) is 6.10 Å². The highest BCUT2D eigenvalue weighted by Crippen LogP contribution is 2.26. The molecule has 2 rings (SSSR count). The van der Waals surface area contributed by atoms with Crippen LogP contribution in [0.25, 0.3) is 0 Å². The van der Waals surface area contributed by atoms with Gasteiger partial charge in [-0.2, -0.15) is 4.72 Å². The normalized spacial score (nSPS) is 14.4. The van der Waals surface area contributed by atoms with Gasteiger partial charge in [-0.25, -0.2) is 8.42 Å². The molecule has 0 bridgehead atoms. The third kappa shape index (κ3) is 6.43. The molecule has 2 aromatic rings. The SMILES string of the molecule is CC(NS(=O)(=O)c1ccccc1)C(=O)OC(C)C(=O)NC(C)c1ccc(Cl)cc1Cl. The lowest BCUT2D eigenvalue weighted by atomic mass is 10.1. The first-order valence-corrected chi connectivity index (χ1v) is 11.3. The molecule has 2 aromatic carbocycles. The van der Waals surface area contributed by atoms with Gasteiger partial charge in [-0.1, -0.05) is 47.5 Å². The first kappa shape index (κ1) is 24.1. The maximum Gasteiger partial charge on any atom is 0.324 e. The van der Waals surface area contributed by atoms with Gasteiger partial charge >= 0.3 is 5.97 Å². The summed E-state index contributed by atoms with van der Waals surface area (Å²) in [5.41, 5.74) is 0.650. The van der Waals surface area contributed by atoms with Crippen molar-refractivity contribution >= 4 is 45.1 Å². The Morgan fingerprint density at radius 3 is 2.23 bits per heavy atom. The highest BCUT2D eigenvalue weighted by Gasteiger charge is 2.27. The van der Waals surface area contributed by atoms with Gasteiger partial charge in [0.25, 0.3) is 5.91 Å². The largest absolute Gasteiger partial charge is 0.451 e. The Morgan fingerprint density at radius 1 is 1.00 bits per heavy atom. The van der Waals surface area contributed by atoms with Gasteiger partial charge in [-0.3, -0.25) is 9.59 Å². The summed E-state index contributed by atoms with van der Waals surface area (Å²) in [6.07, 6.45) is -1.14. The maximum absolute atomic E-state index is 12.4. The summed E-state index contributed by atoms with van der Waals surface area (Å²) in [5.74, 6) is -1.44. The van der Waals surface area contributed by atoms with Crippen LogP contribution >= 0.6 is 23.2 Å². The summed E-state index contributed by atoms with van der Waals surface area (Å²) < 4.78 is 32.0. The monoisotopic (exact) mass is 472 g/mol. The van der Waals surface area contributed by atoms with Crippen molar-refractivity contribution in [2.75, 3.05) is 0 Å². The number of carbonyl (C=O) groups is 2.